The van der Waals surface area contributed by atoms with E-state index in [1.807, 2.05) is 36.4 Å². The van der Waals surface area contributed by atoms with Crippen molar-refractivity contribution in [1.29, 1.82) is 0 Å². The zero-order valence-electron chi connectivity index (χ0n) is 24.9. The Morgan fingerprint density at radius 2 is 0.955 bits per heavy atom. The van der Waals surface area contributed by atoms with E-state index < -0.39 is 44.1 Å². The van der Waals surface area contributed by atoms with Crippen LogP contribution in [0.15, 0.2) is 97.1 Å². The summed E-state index contributed by atoms with van der Waals surface area (Å²) in [7, 11) is 11.0. The molecule has 44 heavy (non-hydrogen) atoms. The number of hydrogen-bond donors (Lipinski definition) is 0. The monoisotopic (exact) mass is 728 g/mol. The van der Waals surface area contributed by atoms with Crippen LogP contribution in [0.2, 0.25) is 13.1 Å². The normalized spacial score (nSPS) is 10.2. The van der Waals surface area contributed by atoms with Gasteiger partial charge in [-0.05, 0) is 37.1 Å². The van der Waals surface area contributed by atoms with Crippen LogP contribution >= 0.6 is 17.0 Å². The van der Waals surface area contributed by atoms with E-state index in [1.165, 1.54) is 35.4 Å². The summed E-state index contributed by atoms with van der Waals surface area (Å²) in [4.78, 5) is 0. The van der Waals surface area contributed by atoms with Gasteiger partial charge in [0.15, 0.2) is 0 Å². The summed E-state index contributed by atoms with van der Waals surface area (Å²) in [5.74, 6) is -2.14. The van der Waals surface area contributed by atoms with E-state index in [0.717, 1.165) is 67.2 Å². The summed E-state index contributed by atoms with van der Waals surface area (Å²) in [6.07, 6.45) is 1.89. The predicted octanol–water partition coefficient (Wildman–Crippen LogP) is 12.3. The number of rotatable bonds is 4. The molecule has 6 aromatic rings. The van der Waals surface area contributed by atoms with Crippen LogP contribution in [-0.2, 0) is 33.7 Å². The zero-order valence-corrected chi connectivity index (χ0v) is 29.9. The van der Waals surface area contributed by atoms with Gasteiger partial charge < -0.3 is 0 Å². The quantitative estimate of drug-likeness (QED) is 0.0962. The fraction of sp³-hybridized carbons (Fsp3) is 0.167. The third-order valence-electron chi connectivity index (χ3n) is 6.88. The van der Waals surface area contributed by atoms with Gasteiger partial charge in [-0.2, -0.15) is 12.1 Å². The summed E-state index contributed by atoms with van der Waals surface area (Å²) >= 11 is -0.826. The molecule has 0 atom stereocenters. The van der Waals surface area contributed by atoms with Crippen molar-refractivity contribution in [1.82, 2.24) is 0 Å². The summed E-state index contributed by atoms with van der Waals surface area (Å²) < 4.78 is 53.8. The van der Waals surface area contributed by atoms with E-state index in [-0.39, 0.29) is 0 Å². The van der Waals surface area contributed by atoms with Crippen molar-refractivity contribution in [2.75, 3.05) is 0 Å². The Kier molecular flexibility index (Phi) is 14.6. The third-order valence-corrected chi connectivity index (χ3v) is 6.88. The Labute approximate surface area is 278 Å². The molecule has 0 fully saturated rings. The Morgan fingerprint density at radius 1 is 0.591 bits per heavy atom. The minimum absolute atomic E-state index is 0.445. The van der Waals surface area contributed by atoms with E-state index >= 15 is 0 Å². The molecule has 0 aliphatic carbocycles. The molecule has 6 aromatic carbocycles. The number of benzene rings is 4. The van der Waals surface area contributed by atoms with E-state index in [9.17, 15) is 17.6 Å². The molecular formula is C36H32Cl2F4SiZr. The molecule has 0 amide bonds. The SMILES string of the molecule is CCc1cc2c(-c3ccc(F)cc3F)cccc2[cH-]1.CCc1cc2c(-c3ccc(F)cc3F)cccc2[cH-]1.C[Si]C.[Cl][Zr+2][Cl]. The van der Waals surface area contributed by atoms with Crippen LogP contribution in [-0.4, -0.2) is 9.52 Å². The van der Waals surface area contributed by atoms with Crippen molar-refractivity contribution in [2.24, 2.45) is 0 Å². The first kappa shape index (κ1) is 36.0. The summed E-state index contributed by atoms with van der Waals surface area (Å²) in [5, 5.41) is 4.23. The first-order chi connectivity index (χ1) is 21.2. The van der Waals surface area contributed by atoms with Crippen LogP contribution < -0.4 is 0 Å². The van der Waals surface area contributed by atoms with Gasteiger partial charge in [0.05, 0.1) is 0 Å². The number of fused-ring (bicyclic) bond motifs is 2. The standard InChI is InChI=1S/2C17H13F2.C2H6Si.2ClH.Zr/c2*1-2-11-8-12-4-3-5-14(16(12)9-11)15-7-6-13(18)10-17(15)19;1-3-2;;;/h2*3-10H,2H2,1H3;1-2H3;2*1H;/q2*-1;;;;+4/p-2. The molecule has 0 aromatic heterocycles. The van der Waals surface area contributed by atoms with Crippen molar-refractivity contribution in [3.8, 4) is 22.3 Å². The first-order valence-corrected chi connectivity index (χ1v) is 22.4. The van der Waals surface area contributed by atoms with Crippen LogP contribution in [0, 0.1) is 23.3 Å². The minimum atomic E-state index is -0.826. The molecule has 0 nitrogen and oxygen atoms in total. The molecule has 0 aliphatic rings. The Balaban J connectivity index is 0.000000204. The van der Waals surface area contributed by atoms with E-state index in [0.29, 0.717) is 11.1 Å². The molecule has 0 saturated carbocycles. The number of aryl methyl sites for hydroxylation is 2. The van der Waals surface area contributed by atoms with Gasteiger partial charge in [0, 0.05) is 32.8 Å². The number of hydrogen-bond acceptors (Lipinski definition) is 0. The Morgan fingerprint density at radius 3 is 1.27 bits per heavy atom. The fourth-order valence-electron chi connectivity index (χ4n) is 4.89. The maximum atomic E-state index is 13.9. The second-order valence-corrected chi connectivity index (χ2v) is 14.6. The predicted molar refractivity (Wildman–Crippen MR) is 178 cm³/mol. The average molecular weight is 731 g/mol. The maximum absolute atomic E-state index is 13.9. The molecular weight excluding hydrogens is 699 g/mol. The molecule has 0 bridgehead atoms. The van der Waals surface area contributed by atoms with Gasteiger partial charge in [0.2, 0.25) is 0 Å². The molecule has 0 aliphatic heterocycles. The molecule has 6 rings (SSSR count). The van der Waals surface area contributed by atoms with Gasteiger partial charge in [-0.1, -0.05) is 50.2 Å². The third kappa shape index (κ3) is 9.26. The van der Waals surface area contributed by atoms with Gasteiger partial charge in [0.25, 0.3) is 0 Å². The summed E-state index contributed by atoms with van der Waals surface area (Å²) in [6, 6.07) is 27.4. The van der Waals surface area contributed by atoms with Crippen LogP contribution in [0.5, 0.6) is 0 Å². The topological polar surface area (TPSA) is 0 Å². The molecule has 226 valence electrons. The van der Waals surface area contributed by atoms with Crippen molar-refractivity contribution in [3.63, 3.8) is 0 Å². The molecule has 0 N–H and O–H groups in total. The van der Waals surface area contributed by atoms with Gasteiger partial charge in [0.1, 0.15) is 23.3 Å². The average Bonchev–Trinajstić information content (AvgIpc) is 3.63. The second kappa shape index (κ2) is 17.8. The van der Waals surface area contributed by atoms with Crippen LogP contribution in [0.4, 0.5) is 17.6 Å². The first-order valence-electron chi connectivity index (χ1n) is 14.0. The molecule has 0 unspecified atom stereocenters. The van der Waals surface area contributed by atoms with Crippen molar-refractivity contribution in [2.45, 2.75) is 39.8 Å². The zero-order chi connectivity index (χ0) is 32.2. The summed E-state index contributed by atoms with van der Waals surface area (Å²) in [6.45, 7) is 8.48. The second-order valence-electron chi connectivity index (χ2n) is 9.87. The van der Waals surface area contributed by atoms with Crippen molar-refractivity contribution < 1.29 is 38.4 Å². The van der Waals surface area contributed by atoms with E-state index in [4.69, 9.17) is 17.0 Å². The Hall–Kier alpha value is -2.50. The van der Waals surface area contributed by atoms with Crippen LogP contribution in [0.1, 0.15) is 25.0 Å². The van der Waals surface area contributed by atoms with Gasteiger partial charge in [-0.25, -0.2) is 17.6 Å². The molecule has 0 saturated heterocycles. The Bertz CT molecular complexity index is 1660. The van der Waals surface area contributed by atoms with Gasteiger partial charge >= 0.3 is 37.9 Å². The number of halogens is 6. The van der Waals surface area contributed by atoms with E-state index in [2.05, 4.69) is 51.2 Å². The molecule has 0 heterocycles. The summed E-state index contributed by atoms with van der Waals surface area (Å²) in [5.41, 5.74) is 4.97. The van der Waals surface area contributed by atoms with Crippen LogP contribution in [0.25, 0.3) is 43.8 Å². The van der Waals surface area contributed by atoms with Crippen molar-refractivity contribution in [3.05, 3.63) is 131 Å². The van der Waals surface area contributed by atoms with Crippen molar-refractivity contribution >= 4 is 48.1 Å². The van der Waals surface area contributed by atoms with Gasteiger partial charge in [-0.3, -0.25) is 0 Å². The van der Waals surface area contributed by atoms with Crippen LogP contribution in [0.3, 0.4) is 0 Å². The molecule has 2 radical (unpaired) electrons. The molecule has 8 heteroatoms. The fourth-order valence-corrected chi connectivity index (χ4v) is 4.89. The van der Waals surface area contributed by atoms with Gasteiger partial charge in [-0.15, -0.1) is 69.1 Å². The van der Waals surface area contributed by atoms with E-state index in [1.54, 1.807) is 0 Å². The molecule has 0 spiro atoms.